The molecule has 0 aliphatic heterocycles. The third-order valence-corrected chi connectivity index (χ3v) is 6.75. The van der Waals surface area contributed by atoms with Crippen molar-refractivity contribution in [2.45, 2.75) is 46.0 Å². The summed E-state index contributed by atoms with van der Waals surface area (Å²) in [4.78, 5) is 0. The molecule has 0 bridgehead atoms. The molecule has 4 rings (SSSR count). The molecule has 0 aromatic heterocycles. The lowest BCUT2D eigenvalue weighted by Gasteiger charge is -2.29. The molecule has 2 heteroatoms. The van der Waals surface area contributed by atoms with E-state index in [2.05, 4.69) is 52.0 Å². The zero-order valence-electron chi connectivity index (χ0n) is 19.9. The SMILES string of the molecule is CCc1cc(C(C)(C)c2cc(CC)c(O)c(-c3ccccc3)c2)cc(-c2ccccc2)c1O. The highest BCUT2D eigenvalue weighted by Gasteiger charge is 2.28. The minimum Gasteiger partial charge on any atom is -0.507 e. The second-order valence-corrected chi connectivity index (χ2v) is 9.13. The van der Waals surface area contributed by atoms with Crippen LogP contribution in [0.3, 0.4) is 0 Å². The van der Waals surface area contributed by atoms with Gasteiger partial charge in [-0.2, -0.15) is 0 Å². The second-order valence-electron chi connectivity index (χ2n) is 9.13. The normalized spacial score (nSPS) is 11.5. The van der Waals surface area contributed by atoms with E-state index in [1.165, 1.54) is 0 Å². The number of aryl methyl sites for hydroxylation is 2. The molecule has 0 unspecified atom stereocenters. The maximum Gasteiger partial charge on any atom is 0.126 e. The Balaban J connectivity index is 1.92. The number of rotatable bonds is 6. The molecule has 0 saturated carbocycles. The van der Waals surface area contributed by atoms with Crippen molar-refractivity contribution in [3.05, 3.63) is 107 Å². The van der Waals surface area contributed by atoms with E-state index in [4.69, 9.17) is 0 Å². The van der Waals surface area contributed by atoms with Crippen LogP contribution in [0.1, 0.15) is 49.9 Å². The molecule has 0 radical (unpaired) electrons. The summed E-state index contributed by atoms with van der Waals surface area (Å²) >= 11 is 0. The van der Waals surface area contributed by atoms with Gasteiger partial charge in [0.25, 0.3) is 0 Å². The van der Waals surface area contributed by atoms with Crippen LogP contribution in [0.25, 0.3) is 22.3 Å². The number of benzene rings is 4. The maximum atomic E-state index is 11.0. The minimum atomic E-state index is -0.331. The second kappa shape index (κ2) is 9.15. The van der Waals surface area contributed by atoms with Gasteiger partial charge in [0.2, 0.25) is 0 Å². The fourth-order valence-corrected chi connectivity index (χ4v) is 4.49. The number of hydrogen-bond donors (Lipinski definition) is 2. The van der Waals surface area contributed by atoms with Crippen molar-refractivity contribution in [3.63, 3.8) is 0 Å². The Morgan fingerprint density at radius 1 is 0.576 bits per heavy atom. The average Bonchev–Trinajstić information content (AvgIpc) is 2.85. The molecule has 168 valence electrons. The quantitative estimate of drug-likeness (QED) is 0.323. The summed E-state index contributed by atoms with van der Waals surface area (Å²) in [5, 5.41) is 22.0. The Hall–Kier alpha value is -3.52. The summed E-state index contributed by atoms with van der Waals surface area (Å²) in [6.45, 7) is 8.58. The van der Waals surface area contributed by atoms with Crippen molar-refractivity contribution in [1.82, 2.24) is 0 Å². The van der Waals surface area contributed by atoms with Gasteiger partial charge >= 0.3 is 0 Å². The fourth-order valence-electron chi connectivity index (χ4n) is 4.49. The van der Waals surface area contributed by atoms with Crippen molar-refractivity contribution >= 4 is 0 Å². The van der Waals surface area contributed by atoms with Crippen LogP contribution >= 0.6 is 0 Å². The van der Waals surface area contributed by atoms with E-state index >= 15 is 0 Å². The lowest BCUT2D eigenvalue weighted by Crippen LogP contribution is -2.20. The van der Waals surface area contributed by atoms with Gasteiger partial charge in [-0.05, 0) is 58.4 Å². The highest BCUT2D eigenvalue weighted by molar-refractivity contribution is 5.75. The van der Waals surface area contributed by atoms with Crippen molar-refractivity contribution in [2.24, 2.45) is 0 Å². The standard InChI is InChI=1S/C31H32O2/c1-5-21-17-25(19-27(29(21)32)23-13-9-7-10-14-23)31(3,4)26-18-22(6-2)30(33)28(20-26)24-15-11-8-12-16-24/h7-20,32-33H,5-6H2,1-4H3. The Morgan fingerprint density at radius 3 is 1.27 bits per heavy atom. The first-order valence-electron chi connectivity index (χ1n) is 11.7. The van der Waals surface area contributed by atoms with E-state index in [1.807, 2.05) is 60.7 Å². The number of phenols is 2. The predicted octanol–water partition coefficient (Wildman–Crippen LogP) is 7.88. The van der Waals surface area contributed by atoms with E-state index in [0.29, 0.717) is 11.5 Å². The van der Waals surface area contributed by atoms with E-state index < -0.39 is 0 Å². The highest BCUT2D eigenvalue weighted by Crippen LogP contribution is 2.43. The predicted molar refractivity (Wildman–Crippen MR) is 138 cm³/mol. The first-order valence-corrected chi connectivity index (χ1v) is 11.7. The van der Waals surface area contributed by atoms with Crippen LogP contribution in [0, 0.1) is 0 Å². The third kappa shape index (κ3) is 4.26. The highest BCUT2D eigenvalue weighted by atomic mass is 16.3. The van der Waals surface area contributed by atoms with Gasteiger partial charge < -0.3 is 10.2 Å². The van der Waals surface area contributed by atoms with E-state index in [-0.39, 0.29) is 5.41 Å². The summed E-state index contributed by atoms with van der Waals surface area (Å²) < 4.78 is 0. The van der Waals surface area contributed by atoms with Crippen molar-refractivity contribution in [3.8, 4) is 33.8 Å². The Bertz CT molecular complexity index is 1160. The molecule has 0 fully saturated rings. The van der Waals surface area contributed by atoms with Crippen LogP contribution in [0.2, 0.25) is 0 Å². The van der Waals surface area contributed by atoms with Crippen LogP contribution in [-0.4, -0.2) is 10.2 Å². The zero-order valence-corrected chi connectivity index (χ0v) is 19.9. The average molecular weight is 437 g/mol. The summed E-state index contributed by atoms with van der Waals surface area (Å²) in [6.07, 6.45) is 1.50. The van der Waals surface area contributed by atoms with Gasteiger partial charge in [0, 0.05) is 16.5 Å². The molecule has 2 N–H and O–H groups in total. The van der Waals surface area contributed by atoms with Gasteiger partial charge in [-0.3, -0.25) is 0 Å². The molecule has 0 heterocycles. The molecule has 0 aliphatic carbocycles. The first-order chi connectivity index (χ1) is 15.9. The topological polar surface area (TPSA) is 40.5 Å². The van der Waals surface area contributed by atoms with Gasteiger partial charge in [0.05, 0.1) is 0 Å². The molecule has 0 spiro atoms. The van der Waals surface area contributed by atoms with Gasteiger partial charge in [0.15, 0.2) is 0 Å². The molecule has 0 amide bonds. The largest absolute Gasteiger partial charge is 0.507 e. The molecular weight excluding hydrogens is 404 g/mol. The molecule has 0 aliphatic rings. The van der Waals surface area contributed by atoms with E-state index in [1.54, 1.807) is 0 Å². The van der Waals surface area contributed by atoms with Crippen molar-refractivity contribution in [1.29, 1.82) is 0 Å². The lowest BCUT2D eigenvalue weighted by atomic mass is 9.75. The summed E-state index contributed by atoms with van der Waals surface area (Å²) in [5.74, 6) is 0.710. The van der Waals surface area contributed by atoms with E-state index in [9.17, 15) is 10.2 Å². The van der Waals surface area contributed by atoms with Crippen LogP contribution < -0.4 is 0 Å². The molecule has 0 saturated heterocycles. The number of phenolic OH excluding ortho intramolecular Hbond substituents is 2. The Kier molecular flexibility index (Phi) is 6.29. The monoisotopic (exact) mass is 436 g/mol. The number of hydrogen-bond acceptors (Lipinski definition) is 2. The molecule has 4 aromatic carbocycles. The molecular formula is C31H32O2. The summed E-state index contributed by atoms with van der Waals surface area (Å²) in [6, 6.07) is 28.6. The van der Waals surface area contributed by atoms with Crippen molar-refractivity contribution in [2.75, 3.05) is 0 Å². The van der Waals surface area contributed by atoms with Crippen LogP contribution in [0.4, 0.5) is 0 Å². The summed E-state index contributed by atoms with van der Waals surface area (Å²) in [7, 11) is 0. The van der Waals surface area contributed by atoms with Gasteiger partial charge in [-0.1, -0.05) is 100 Å². The van der Waals surface area contributed by atoms with E-state index in [0.717, 1.165) is 57.3 Å². The molecule has 2 nitrogen and oxygen atoms in total. The number of aromatic hydroxyl groups is 2. The Morgan fingerprint density at radius 2 is 0.939 bits per heavy atom. The summed E-state index contributed by atoms with van der Waals surface area (Å²) in [5.41, 5.74) is 7.56. The van der Waals surface area contributed by atoms with Crippen LogP contribution in [0.15, 0.2) is 84.9 Å². The molecule has 0 atom stereocenters. The molecule has 33 heavy (non-hydrogen) atoms. The third-order valence-electron chi connectivity index (χ3n) is 6.75. The smallest absolute Gasteiger partial charge is 0.126 e. The van der Waals surface area contributed by atoms with Gasteiger partial charge in [-0.25, -0.2) is 0 Å². The Labute approximate surface area is 197 Å². The van der Waals surface area contributed by atoms with Gasteiger partial charge in [-0.15, -0.1) is 0 Å². The van der Waals surface area contributed by atoms with Crippen LogP contribution in [0.5, 0.6) is 11.5 Å². The first kappa shape index (κ1) is 22.7. The molecule has 4 aromatic rings. The zero-order chi connectivity index (χ0) is 23.6. The van der Waals surface area contributed by atoms with Gasteiger partial charge in [0.1, 0.15) is 11.5 Å². The fraction of sp³-hybridized carbons (Fsp3) is 0.226. The van der Waals surface area contributed by atoms with Crippen molar-refractivity contribution < 1.29 is 10.2 Å². The minimum absolute atomic E-state index is 0.331. The lowest BCUT2D eigenvalue weighted by molar-refractivity contribution is 0.469. The van der Waals surface area contributed by atoms with Crippen LogP contribution in [-0.2, 0) is 18.3 Å². The maximum absolute atomic E-state index is 11.0.